The molecule has 0 aliphatic carbocycles. The van der Waals surface area contributed by atoms with Gasteiger partial charge in [0, 0.05) is 30.9 Å². The van der Waals surface area contributed by atoms with E-state index in [0.717, 1.165) is 6.42 Å². The number of carbonyl (C=O) groups excluding carboxylic acids is 1. The van der Waals surface area contributed by atoms with Gasteiger partial charge in [0.15, 0.2) is 0 Å². The van der Waals surface area contributed by atoms with Crippen molar-refractivity contribution >= 4 is 22.9 Å². The number of anilines is 1. The standard InChI is InChI=1S/C13H16N4OS/c1-17(7-5-10-3-2-8-19-10)13(18)11-9-15-6-4-12(11)16-14/h2-4,6,8-9H,5,7,14H2,1H3,(H,15,16). The van der Waals surface area contributed by atoms with Crippen LogP contribution in [0.25, 0.3) is 0 Å². The van der Waals surface area contributed by atoms with Crippen LogP contribution in [-0.4, -0.2) is 29.4 Å². The maximum atomic E-state index is 12.3. The first kappa shape index (κ1) is 13.5. The first-order valence-corrected chi connectivity index (χ1v) is 6.79. The van der Waals surface area contributed by atoms with Crippen molar-refractivity contribution in [1.29, 1.82) is 0 Å². The van der Waals surface area contributed by atoms with E-state index in [1.165, 1.54) is 11.1 Å². The van der Waals surface area contributed by atoms with Crippen molar-refractivity contribution in [1.82, 2.24) is 9.88 Å². The minimum atomic E-state index is -0.0855. The number of nitrogens with two attached hydrogens (primary N) is 1. The Hall–Kier alpha value is -1.92. The molecule has 100 valence electrons. The van der Waals surface area contributed by atoms with Crippen LogP contribution in [0.15, 0.2) is 36.0 Å². The molecule has 5 nitrogen and oxygen atoms in total. The van der Waals surface area contributed by atoms with Gasteiger partial charge in [0.1, 0.15) is 0 Å². The van der Waals surface area contributed by atoms with Gasteiger partial charge in [0.05, 0.1) is 11.3 Å². The molecule has 0 fully saturated rings. The van der Waals surface area contributed by atoms with E-state index < -0.39 is 0 Å². The fourth-order valence-electron chi connectivity index (χ4n) is 1.73. The molecule has 2 rings (SSSR count). The summed E-state index contributed by atoms with van der Waals surface area (Å²) in [5.41, 5.74) is 3.59. The Kier molecular flexibility index (Phi) is 4.48. The summed E-state index contributed by atoms with van der Waals surface area (Å²) in [5, 5.41) is 2.04. The zero-order valence-electron chi connectivity index (χ0n) is 10.7. The van der Waals surface area contributed by atoms with Crippen LogP contribution in [0, 0.1) is 0 Å². The largest absolute Gasteiger partial charge is 0.341 e. The first-order valence-electron chi connectivity index (χ1n) is 5.91. The van der Waals surface area contributed by atoms with E-state index in [1.807, 2.05) is 11.4 Å². The molecule has 19 heavy (non-hydrogen) atoms. The highest BCUT2D eigenvalue weighted by atomic mass is 32.1. The predicted molar refractivity (Wildman–Crippen MR) is 77.0 cm³/mol. The monoisotopic (exact) mass is 276 g/mol. The Morgan fingerprint density at radius 1 is 1.53 bits per heavy atom. The number of hydrogen-bond acceptors (Lipinski definition) is 5. The maximum Gasteiger partial charge on any atom is 0.257 e. The molecule has 2 heterocycles. The molecular weight excluding hydrogens is 260 g/mol. The Balaban J connectivity index is 2.02. The van der Waals surface area contributed by atoms with Gasteiger partial charge in [-0.2, -0.15) is 0 Å². The molecule has 0 atom stereocenters. The number of nitrogens with zero attached hydrogens (tertiary/aromatic N) is 2. The van der Waals surface area contributed by atoms with E-state index in [2.05, 4.69) is 16.5 Å². The van der Waals surface area contributed by atoms with Gasteiger partial charge in [-0.05, 0) is 23.9 Å². The van der Waals surface area contributed by atoms with E-state index in [0.29, 0.717) is 17.8 Å². The van der Waals surface area contributed by atoms with Crippen molar-refractivity contribution in [2.45, 2.75) is 6.42 Å². The molecule has 0 bridgehead atoms. The van der Waals surface area contributed by atoms with Gasteiger partial charge in [-0.1, -0.05) is 6.07 Å². The third kappa shape index (κ3) is 3.30. The summed E-state index contributed by atoms with van der Waals surface area (Å²) in [6.45, 7) is 0.665. The van der Waals surface area contributed by atoms with Crippen LogP contribution >= 0.6 is 11.3 Å². The average Bonchev–Trinajstić information content (AvgIpc) is 2.97. The molecule has 0 aromatic carbocycles. The molecule has 6 heteroatoms. The van der Waals surface area contributed by atoms with E-state index in [9.17, 15) is 4.79 Å². The van der Waals surface area contributed by atoms with Crippen molar-refractivity contribution in [2.75, 3.05) is 19.0 Å². The number of pyridine rings is 1. The molecule has 0 aliphatic rings. The van der Waals surface area contributed by atoms with Crippen molar-refractivity contribution in [3.05, 3.63) is 46.4 Å². The highest BCUT2D eigenvalue weighted by Crippen LogP contribution is 2.15. The molecule has 2 aromatic rings. The molecule has 2 aromatic heterocycles. The van der Waals surface area contributed by atoms with E-state index in [4.69, 9.17) is 5.84 Å². The zero-order valence-corrected chi connectivity index (χ0v) is 11.5. The number of carbonyl (C=O) groups is 1. The molecule has 0 saturated heterocycles. The van der Waals surface area contributed by atoms with Gasteiger partial charge in [-0.25, -0.2) is 0 Å². The van der Waals surface area contributed by atoms with Gasteiger partial charge in [-0.3, -0.25) is 15.6 Å². The number of hydrogen-bond donors (Lipinski definition) is 2. The van der Waals surface area contributed by atoms with Crippen molar-refractivity contribution in [3.63, 3.8) is 0 Å². The summed E-state index contributed by atoms with van der Waals surface area (Å²) in [4.78, 5) is 19.2. The Morgan fingerprint density at radius 2 is 2.37 bits per heavy atom. The van der Waals surface area contributed by atoms with Crippen molar-refractivity contribution in [3.8, 4) is 0 Å². The number of hydrazine groups is 1. The van der Waals surface area contributed by atoms with Gasteiger partial charge in [0.2, 0.25) is 0 Å². The van der Waals surface area contributed by atoms with Crippen LogP contribution in [0.2, 0.25) is 0 Å². The third-order valence-electron chi connectivity index (χ3n) is 2.83. The average molecular weight is 276 g/mol. The fraction of sp³-hybridized carbons (Fsp3) is 0.231. The summed E-state index contributed by atoms with van der Waals surface area (Å²) in [6, 6.07) is 5.76. The molecule has 0 unspecified atom stereocenters. The molecule has 0 saturated carbocycles. The number of thiophene rings is 1. The van der Waals surface area contributed by atoms with Crippen LogP contribution in [-0.2, 0) is 6.42 Å². The van der Waals surface area contributed by atoms with E-state index >= 15 is 0 Å². The quantitative estimate of drug-likeness (QED) is 0.644. The minimum absolute atomic E-state index is 0.0855. The lowest BCUT2D eigenvalue weighted by Crippen LogP contribution is -2.30. The second kappa shape index (κ2) is 6.31. The smallest absolute Gasteiger partial charge is 0.257 e. The van der Waals surface area contributed by atoms with Crippen LogP contribution in [0.1, 0.15) is 15.2 Å². The van der Waals surface area contributed by atoms with Crippen LogP contribution < -0.4 is 11.3 Å². The molecule has 3 N–H and O–H groups in total. The summed E-state index contributed by atoms with van der Waals surface area (Å²) in [7, 11) is 1.78. The minimum Gasteiger partial charge on any atom is -0.341 e. The Morgan fingerprint density at radius 3 is 3.05 bits per heavy atom. The molecule has 0 radical (unpaired) electrons. The first-order chi connectivity index (χ1) is 9.22. The van der Waals surface area contributed by atoms with Gasteiger partial charge >= 0.3 is 0 Å². The number of rotatable bonds is 5. The van der Waals surface area contributed by atoms with E-state index in [1.54, 1.807) is 35.5 Å². The predicted octanol–water partition coefficient (Wildman–Crippen LogP) is 1.74. The van der Waals surface area contributed by atoms with Crippen LogP contribution in [0.3, 0.4) is 0 Å². The molecule has 0 aliphatic heterocycles. The SMILES string of the molecule is CN(CCc1cccs1)C(=O)c1cnccc1NN. The highest BCUT2D eigenvalue weighted by molar-refractivity contribution is 7.09. The second-order valence-corrected chi connectivity index (χ2v) is 5.15. The van der Waals surface area contributed by atoms with Gasteiger partial charge in [-0.15, -0.1) is 11.3 Å². The normalized spacial score (nSPS) is 10.2. The van der Waals surface area contributed by atoms with Crippen LogP contribution in [0.5, 0.6) is 0 Å². The summed E-state index contributed by atoms with van der Waals surface area (Å²) in [6.07, 6.45) is 3.97. The van der Waals surface area contributed by atoms with E-state index in [-0.39, 0.29) is 5.91 Å². The third-order valence-corrected chi connectivity index (χ3v) is 3.76. The molecule has 0 spiro atoms. The highest BCUT2D eigenvalue weighted by Gasteiger charge is 2.15. The topological polar surface area (TPSA) is 71.2 Å². The summed E-state index contributed by atoms with van der Waals surface area (Å²) >= 11 is 1.70. The lowest BCUT2D eigenvalue weighted by molar-refractivity contribution is 0.0797. The fourth-order valence-corrected chi connectivity index (χ4v) is 2.43. The summed E-state index contributed by atoms with van der Waals surface area (Å²) in [5.74, 6) is 5.31. The number of amides is 1. The second-order valence-electron chi connectivity index (χ2n) is 4.12. The maximum absolute atomic E-state index is 12.3. The Labute approximate surface area is 116 Å². The number of aromatic nitrogens is 1. The summed E-state index contributed by atoms with van der Waals surface area (Å²) < 4.78 is 0. The molecular formula is C13H16N4OS. The number of nitrogens with one attached hydrogen (secondary N) is 1. The van der Waals surface area contributed by atoms with Crippen molar-refractivity contribution in [2.24, 2.45) is 5.84 Å². The lowest BCUT2D eigenvalue weighted by Gasteiger charge is -2.18. The lowest BCUT2D eigenvalue weighted by atomic mass is 10.2. The zero-order chi connectivity index (χ0) is 13.7. The van der Waals surface area contributed by atoms with Gasteiger partial charge in [0.25, 0.3) is 5.91 Å². The van der Waals surface area contributed by atoms with Crippen molar-refractivity contribution < 1.29 is 4.79 Å². The molecule has 1 amide bonds. The Bertz CT molecular complexity index is 541. The number of nitrogen functional groups attached to an aromatic ring is 1. The van der Waals surface area contributed by atoms with Crippen LogP contribution in [0.4, 0.5) is 5.69 Å². The number of likely N-dealkylation sites (N-methyl/N-ethyl adjacent to an activating group) is 1. The van der Waals surface area contributed by atoms with Gasteiger partial charge < -0.3 is 10.3 Å².